The van der Waals surface area contributed by atoms with E-state index in [1.54, 1.807) is 26.0 Å². The van der Waals surface area contributed by atoms with Gasteiger partial charge in [-0.25, -0.2) is 0 Å². The normalized spacial score (nSPS) is 32.4. The van der Waals surface area contributed by atoms with Gasteiger partial charge in [-0.15, -0.1) is 0 Å². The van der Waals surface area contributed by atoms with Crippen LogP contribution in [0.15, 0.2) is 60.8 Å². The number of benzene rings is 2. The zero-order valence-electron chi connectivity index (χ0n) is 25.5. The first-order chi connectivity index (χ1) is 21.4. The van der Waals surface area contributed by atoms with Crippen molar-refractivity contribution in [3.8, 4) is 0 Å². The third kappa shape index (κ3) is 4.32. The largest absolute Gasteiger partial charge is 0.393 e. The van der Waals surface area contributed by atoms with Crippen LogP contribution < -0.4 is 0 Å². The van der Waals surface area contributed by atoms with Crippen LogP contribution in [0.1, 0.15) is 22.3 Å². The summed E-state index contributed by atoms with van der Waals surface area (Å²) < 4.78 is 0. The van der Waals surface area contributed by atoms with Gasteiger partial charge in [-0.2, -0.15) is 0 Å². The molecule has 2 aromatic carbocycles. The summed E-state index contributed by atoms with van der Waals surface area (Å²) in [6.45, 7) is 3.61. The van der Waals surface area contributed by atoms with Crippen molar-refractivity contribution in [2.75, 3.05) is 41.4 Å². The van der Waals surface area contributed by atoms with Crippen LogP contribution in [-0.4, -0.2) is 108 Å². The van der Waals surface area contributed by atoms with Crippen LogP contribution >= 0.6 is 21.6 Å². The number of rotatable bonds is 9. The quantitative estimate of drug-likeness (QED) is 0.378. The summed E-state index contributed by atoms with van der Waals surface area (Å²) in [4.78, 5) is 42.6. The Bertz CT molecular complexity index is 1670. The molecule has 14 heteroatoms. The molecule has 5 heterocycles. The van der Waals surface area contributed by atoms with Crippen molar-refractivity contribution < 1.29 is 24.6 Å². The lowest BCUT2D eigenvalue weighted by Gasteiger charge is -2.58. The molecule has 2 N–H and O–H groups in total. The smallest absolute Gasteiger partial charge is 0.263 e. The van der Waals surface area contributed by atoms with Gasteiger partial charge in [0.1, 0.15) is 0 Å². The average Bonchev–Trinajstić information content (AvgIpc) is 3.36. The summed E-state index contributed by atoms with van der Waals surface area (Å²) in [5.74, 6) is -0.453. The fraction of sp³-hybridized carbons (Fsp3) is 0.452. The third-order valence-electron chi connectivity index (χ3n) is 10.0. The van der Waals surface area contributed by atoms with E-state index in [9.17, 15) is 24.6 Å². The highest BCUT2D eigenvalue weighted by Crippen LogP contribution is 2.59. The van der Waals surface area contributed by atoms with Crippen LogP contribution in [0.3, 0.4) is 0 Å². The van der Waals surface area contributed by atoms with E-state index in [2.05, 4.69) is 43.0 Å². The standard InChI is InChI=1S/C31H36N4O5S5/c1-20-31(19-37)35(5)27(40)30(32(20)2,45(31)44-41)17-24-14-10-22(11-15-24)7-6-21-8-12-23(13-9-21)16-28-25(38)34(4)29(18-36,43-42-28)26(39)33(28)3/h8-15,36-37H,1,6-7,16-19H2,2-5H3/t28-,29-,30-,31-,45?/m0/s1. The molecular formula is C31H36N4O5S5. The van der Waals surface area contributed by atoms with E-state index in [4.69, 9.17) is 11.2 Å². The first-order valence-electron chi connectivity index (χ1n) is 14.5. The number of nitrogens with zero attached hydrogens (tertiary/aromatic N) is 4. The topological polar surface area (TPSA) is 105 Å². The molecular weight excluding hydrogens is 669 g/mol. The molecule has 240 valence electrons. The highest BCUT2D eigenvalue weighted by Gasteiger charge is 2.72. The highest BCUT2D eigenvalue weighted by molar-refractivity contribution is 8.78. The van der Waals surface area contributed by atoms with Gasteiger partial charge in [0, 0.05) is 46.7 Å². The molecule has 7 rings (SSSR count). The number of fused-ring (bicyclic) bond motifs is 5. The molecule has 5 fully saturated rings. The minimum Gasteiger partial charge on any atom is -0.393 e. The van der Waals surface area contributed by atoms with Crippen LogP contribution in [0.25, 0.3) is 0 Å². The Morgan fingerprint density at radius 2 is 1.16 bits per heavy atom. The van der Waals surface area contributed by atoms with Crippen molar-refractivity contribution in [1.29, 1.82) is 0 Å². The number of aliphatic hydroxyl groups is 2. The minimum absolute atomic E-state index is 0.0310. The Kier molecular flexibility index (Phi) is 8.36. The summed E-state index contributed by atoms with van der Waals surface area (Å²) in [7, 11) is 10.0. The van der Waals surface area contributed by atoms with Gasteiger partial charge >= 0.3 is 0 Å². The van der Waals surface area contributed by atoms with Gasteiger partial charge in [0.15, 0.2) is 14.6 Å². The molecule has 0 radical (unpaired) electrons. The monoisotopic (exact) mass is 704 g/mol. The second-order valence-corrected chi connectivity index (χ2v) is 19.4. The first-order valence-corrected chi connectivity index (χ1v) is 20.1. The number of likely N-dealkylation sites (N-methyl/N-ethyl adjacent to an activating group) is 4. The van der Waals surface area contributed by atoms with Gasteiger partial charge in [0.25, 0.3) is 17.7 Å². The van der Waals surface area contributed by atoms with Crippen molar-refractivity contribution in [2.45, 2.75) is 45.2 Å². The Morgan fingerprint density at radius 1 is 0.689 bits per heavy atom. The number of carbonyl (C=O) groups excluding carboxylic acids is 3. The van der Waals surface area contributed by atoms with E-state index < -0.39 is 35.5 Å². The van der Waals surface area contributed by atoms with Gasteiger partial charge in [-0.1, -0.05) is 75.4 Å². The summed E-state index contributed by atoms with van der Waals surface area (Å²) >= 11 is 5.46. The molecule has 5 aliphatic rings. The van der Waals surface area contributed by atoms with E-state index in [1.807, 2.05) is 24.1 Å². The minimum atomic E-state index is -1.26. The number of amides is 3. The number of piperazine rings is 2. The van der Waals surface area contributed by atoms with E-state index in [1.165, 1.54) is 51.4 Å². The van der Waals surface area contributed by atoms with E-state index in [-0.39, 0.29) is 24.3 Å². The molecule has 45 heavy (non-hydrogen) atoms. The first kappa shape index (κ1) is 32.7. The van der Waals surface area contributed by atoms with Crippen LogP contribution in [0.4, 0.5) is 0 Å². The second-order valence-electron chi connectivity index (χ2n) is 12.0. The highest BCUT2D eigenvalue weighted by atomic mass is 33.1. The van der Waals surface area contributed by atoms with Crippen LogP contribution in [-0.2, 0) is 69.6 Å². The summed E-state index contributed by atoms with van der Waals surface area (Å²) in [6, 6.07) is 16.5. The zero-order chi connectivity index (χ0) is 32.5. The van der Waals surface area contributed by atoms with Gasteiger partial charge in [-0.05, 0) is 66.0 Å². The van der Waals surface area contributed by atoms with Crippen molar-refractivity contribution >= 4 is 68.8 Å². The SMILES string of the molecule is C=C1N(C)[C@]2(Cc3ccc(CCc4ccc(C[C@@]56SS[C@@](CO)(C(=O)N5C)N(C)C6=O)cc4)cc3)C(=O)N(C)[C@@]1(CO)S2=S=S. The van der Waals surface area contributed by atoms with Crippen molar-refractivity contribution in [1.82, 2.24) is 19.6 Å². The lowest BCUT2D eigenvalue weighted by molar-refractivity contribution is -0.165. The number of hydrogen-bond donors (Lipinski definition) is 2. The number of hydrogen-bond acceptors (Lipinski definition) is 9. The molecule has 0 spiro atoms. The molecule has 2 aromatic rings. The summed E-state index contributed by atoms with van der Waals surface area (Å²) in [6.07, 6.45) is 2.54. The maximum Gasteiger partial charge on any atom is 0.263 e. The predicted octanol–water partition coefficient (Wildman–Crippen LogP) is 1.66. The van der Waals surface area contributed by atoms with Crippen LogP contribution in [0, 0.1) is 0 Å². The average molecular weight is 705 g/mol. The zero-order valence-corrected chi connectivity index (χ0v) is 29.6. The van der Waals surface area contributed by atoms with E-state index in [0.29, 0.717) is 12.8 Å². The fourth-order valence-electron chi connectivity index (χ4n) is 6.96. The third-order valence-corrected chi connectivity index (χ3v) is 19.6. The Balaban J connectivity index is 1.12. The molecule has 0 saturated carbocycles. The van der Waals surface area contributed by atoms with E-state index in [0.717, 1.165) is 29.7 Å². The molecule has 9 nitrogen and oxygen atoms in total. The molecule has 0 aromatic heterocycles. The van der Waals surface area contributed by atoms with Gasteiger partial charge in [0.05, 0.1) is 13.2 Å². The van der Waals surface area contributed by atoms with E-state index >= 15 is 0 Å². The lowest BCUT2D eigenvalue weighted by Crippen LogP contribution is -2.77. The number of carbonyl (C=O) groups is 3. The second kappa shape index (κ2) is 11.5. The van der Waals surface area contributed by atoms with Gasteiger partial charge < -0.3 is 29.8 Å². The van der Waals surface area contributed by atoms with Crippen molar-refractivity contribution in [3.05, 3.63) is 83.1 Å². The van der Waals surface area contributed by atoms with Gasteiger partial charge in [-0.3, -0.25) is 14.4 Å². The Hall–Kier alpha value is -2.20. The Morgan fingerprint density at radius 3 is 1.67 bits per heavy atom. The molecule has 5 saturated heterocycles. The number of aliphatic hydroxyl groups excluding tert-OH is 2. The van der Waals surface area contributed by atoms with Crippen LogP contribution in [0.5, 0.6) is 0 Å². The predicted molar refractivity (Wildman–Crippen MR) is 185 cm³/mol. The molecule has 0 aliphatic carbocycles. The molecule has 5 aliphatic heterocycles. The maximum atomic E-state index is 13.6. The van der Waals surface area contributed by atoms with Crippen LogP contribution in [0.2, 0.25) is 0 Å². The number of aryl methyl sites for hydroxylation is 2. The lowest BCUT2D eigenvalue weighted by atomic mass is 9.95. The van der Waals surface area contributed by atoms with Crippen molar-refractivity contribution in [3.63, 3.8) is 0 Å². The molecule has 4 bridgehead atoms. The fourth-order valence-corrected chi connectivity index (χ4v) is 17.3. The summed E-state index contributed by atoms with van der Waals surface area (Å²) in [5.41, 5.74) is 5.07. The molecule has 1 unspecified atom stereocenters. The van der Waals surface area contributed by atoms with Crippen molar-refractivity contribution in [2.24, 2.45) is 0 Å². The molecule has 5 atom stereocenters. The molecule has 3 amide bonds. The van der Waals surface area contributed by atoms with Gasteiger partial charge in [0.2, 0.25) is 4.87 Å². The maximum absolute atomic E-state index is 13.6. The summed E-state index contributed by atoms with van der Waals surface area (Å²) in [5, 5.41) is 20.3. The Labute approximate surface area is 281 Å².